The van der Waals surface area contributed by atoms with Gasteiger partial charge in [-0.2, -0.15) is 0 Å². The highest BCUT2D eigenvalue weighted by Crippen LogP contribution is 2.12. The highest BCUT2D eigenvalue weighted by molar-refractivity contribution is 7.98. The van der Waals surface area contributed by atoms with Crippen molar-refractivity contribution in [3.63, 3.8) is 0 Å². The molecule has 0 aliphatic heterocycles. The zero-order chi connectivity index (χ0) is 9.84. The van der Waals surface area contributed by atoms with Gasteiger partial charge < -0.3 is 0 Å². The van der Waals surface area contributed by atoms with Gasteiger partial charge in [-0.3, -0.25) is 0 Å². The van der Waals surface area contributed by atoms with Gasteiger partial charge in [-0.05, 0) is 13.2 Å². The second-order valence-electron chi connectivity index (χ2n) is 2.22. The normalized spacial score (nSPS) is 9.77. The predicted molar refractivity (Wildman–Crippen MR) is 45.1 cm³/mol. The predicted octanol–water partition coefficient (Wildman–Crippen LogP) is 1.55. The average molecular weight is 202 g/mol. The Bertz CT molecular complexity index is 332. The van der Waals surface area contributed by atoms with Gasteiger partial charge in [0.05, 0.1) is 5.69 Å². The molecule has 1 aromatic rings. The molecule has 13 heavy (non-hydrogen) atoms. The lowest BCUT2D eigenvalue weighted by Crippen LogP contribution is -2.05. The molecule has 0 saturated heterocycles. The highest BCUT2D eigenvalue weighted by Gasteiger charge is 2.13. The van der Waals surface area contributed by atoms with E-state index in [-0.39, 0.29) is 5.56 Å². The van der Waals surface area contributed by atoms with E-state index < -0.39 is 5.97 Å². The van der Waals surface area contributed by atoms with Crippen LogP contribution in [0.4, 0.5) is 4.53 Å². The van der Waals surface area contributed by atoms with E-state index in [4.69, 9.17) is 0 Å². The fourth-order valence-electron chi connectivity index (χ4n) is 0.786. The molecule has 0 radical (unpaired) electrons. The number of thioether (sulfide) groups is 1. The number of rotatable bonds is 2. The minimum absolute atomic E-state index is 0.0419. The number of carbonyl (C=O) groups excluding carboxylic acids is 1. The Morgan fingerprint density at radius 2 is 2.38 bits per heavy atom. The molecule has 0 amide bonds. The summed E-state index contributed by atoms with van der Waals surface area (Å²) in [7, 11) is 0. The molecular weight excluding hydrogens is 195 g/mol. The van der Waals surface area contributed by atoms with Crippen molar-refractivity contribution in [2.24, 2.45) is 0 Å². The molecule has 0 aliphatic rings. The van der Waals surface area contributed by atoms with Gasteiger partial charge in [-0.1, -0.05) is 11.8 Å². The molecule has 0 N–H and O–H groups in total. The van der Waals surface area contributed by atoms with Crippen LogP contribution in [0.25, 0.3) is 0 Å². The Morgan fingerprint density at radius 3 is 2.85 bits per heavy atom. The van der Waals surface area contributed by atoms with Gasteiger partial charge in [0.2, 0.25) is 0 Å². The third kappa shape index (κ3) is 2.15. The standard InChI is InChI=1S/C7H7FN2O2S/c1-4-5(6(11)12-8)3-9-7(10-4)13-2/h3H,1-2H3. The third-order valence-electron chi connectivity index (χ3n) is 1.43. The van der Waals surface area contributed by atoms with Crippen LogP contribution >= 0.6 is 11.8 Å². The first-order chi connectivity index (χ1) is 6.19. The Kier molecular flexibility index (Phi) is 3.18. The fourth-order valence-corrected chi connectivity index (χ4v) is 1.17. The molecule has 0 saturated carbocycles. The Labute approximate surface area is 78.4 Å². The summed E-state index contributed by atoms with van der Waals surface area (Å²) in [6.45, 7) is 1.59. The van der Waals surface area contributed by atoms with E-state index in [0.717, 1.165) is 0 Å². The fraction of sp³-hybridized carbons (Fsp3) is 0.286. The molecule has 70 valence electrons. The van der Waals surface area contributed by atoms with Crippen LogP contribution in [0.3, 0.4) is 0 Å². The Balaban J connectivity index is 3.05. The molecule has 1 aromatic heterocycles. The number of aryl methyl sites for hydroxylation is 1. The molecule has 6 heteroatoms. The monoisotopic (exact) mass is 202 g/mol. The van der Waals surface area contributed by atoms with E-state index in [2.05, 4.69) is 14.9 Å². The van der Waals surface area contributed by atoms with Crippen LogP contribution in [0.15, 0.2) is 11.4 Å². The summed E-state index contributed by atoms with van der Waals surface area (Å²) < 4.78 is 11.5. The molecule has 0 aromatic carbocycles. The van der Waals surface area contributed by atoms with E-state index in [0.29, 0.717) is 10.9 Å². The smallest absolute Gasteiger partial charge is 0.249 e. The van der Waals surface area contributed by atoms with Crippen molar-refractivity contribution in [2.75, 3.05) is 6.26 Å². The number of hydrogen-bond acceptors (Lipinski definition) is 5. The van der Waals surface area contributed by atoms with Crippen LogP contribution in [0.2, 0.25) is 0 Å². The third-order valence-corrected chi connectivity index (χ3v) is 1.99. The minimum atomic E-state index is -1.06. The van der Waals surface area contributed by atoms with Gasteiger partial charge >= 0.3 is 5.97 Å². The summed E-state index contributed by atoms with van der Waals surface area (Å²) in [5.41, 5.74) is 0.447. The molecule has 0 aliphatic carbocycles. The van der Waals surface area contributed by atoms with Gasteiger partial charge in [0, 0.05) is 10.7 Å². The lowest BCUT2D eigenvalue weighted by atomic mass is 10.2. The molecule has 0 atom stereocenters. The first-order valence-corrected chi connectivity index (χ1v) is 4.62. The maximum atomic E-state index is 11.5. The lowest BCUT2D eigenvalue weighted by molar-refractivity contribution is -0.0789. The van der Waals surface area contributed by atoms with Crippen molar-refractivity contribution < 1.29 is 14.3 Å². The summed E-state index contributed by atoms with van der Waals surface area (Å²) in [6, 6.07) is 0. The van der Waals surface area contributed by atoms with Gasteiger partial charge in [0.1, 0.15) is 5.56 Å². The van der Waals surface area contributed by atoms with Crippen molar-refractivity contribution in [3.05, 3.63) is 17.5 Å². The van der Waals surface area contributed by atoms with Gasteiger partial charge in [-0.25, -0.2) is 19.7 Å². The van der Waals surface area contributed by atoms with Crippen LogP contribution in [0, 0.1) is 6.92 Å². The lowest BCUT2D eigenvalue weighted by Gasteiger charge is -2.00. The molecule has 1 heterocycles. The van der Waals surface area contributed by atoms with Gasteiger partial charge in [-0.15, -0.1) is 0 Å². The van der Waals surface area contributed by atoms with Crippen molar-refractivity contribution in [3.8, 4) is 0 Å². The second-order valence-corrected chi connectivity index (χ2v) is 2.99. The first-order valence-electron chi connectivity index (χ1n) is 3.39. The van der Waals surface area contributed by atoms with Crippen molar-refractivity contribution in [2.45, 2.75) is 12.1 Å². The van der Waals surface area contributed by atoms with Crippen molar-refractivity contribution in [1.29, 1.82) is 0 Å². The van der Waals surface area contributed by atoms with Crippen molar-refractivity contribution in [1.82, 2.24) is 9.97 Å². The summed E-state index contributed by atoms with van der Waals surface area (Å²) in [6.07, 6.45) is 3.05. The minimum Gasteiger partial charge on any atom is -0.249 e. The van der Waals surface area contributed by atoms with Crippen LogP contribution in [-0.2, 0) is 4.94 Å². The number of hydrogen-bond donors (Lipinski definition) is 0. The zero-order valence-corrected chi connectivity index (χ0v) is 7.89. The molecule has 0 bridgehead atoms. The zero-order valence-electron chi connectivity index (χ0n) is 7.07. The SMILES string of the molecule is CSc1ncc(C(=O)OF)c(C)n1. The van der Waals surface area contributed by atoms with E-state index in [9.17, 15) is 9.32 Å². The van der Waals surface area contributed by atoms with E-state index >= 15 is 0 Å². The van der Waals surface area contributed by atoms with Crippen LogP contribution in [0.1, 0.15) is 16.1 Å². The average Bonchev–Trinajstić information content (AvgIpc) is 2.16. The quantitative estimate of drug-likeness (QED) is 0.538. The van der Waals surface area contributed by atoms with Gasteiger partial charge in [0.25, 0.3) is 0 Å². The first kappa shape index (κ1) is 9.91. The number of carbonyl (C=O) groups is 1. The van der Waals surface area contributed by atoms with E-state index in [1.807, 2.05) is 6.26 Å². The number of nitrogens with zero attached hydrogens (tertiary/aromatic N) is 2. The topological polar surface area (TPSA) is 52.1 Å². The van der Waals surface area contributed by atoms with Crippen LogP contribution in [-0.4, -0.2) is 22.2 Å². The van der Waals surface area contributed by atoms with Crippen molar-refractivity contribution >= 4 is 17.7 Å². The van der Waals surface area contributed by atoms with E-state index in [1.165, 1.54) is 18.0 Å². The maximum Gasteiger partial charge on any atom is 0.382 e. The van der Waals surface area contributed by atoms with Crippen LogP contribution in [0.5, 0.6) is 0 Å². The van der Waals surface area contributed by atoms with Crippen LogP contribution < -0.4 is 0 Å². The summed E-state index contributed by atoms with van der Waals surface area (Å²) in [5, 5.41) is 0.535. The molecular formula is C7H7FN2O2S. The Hall–Kier alpha value is -1.17. The molecule has 0 unspecified atom stereocenters. The van der Waals surface area contributed by atoms with Gasteiger partial charge in [0.15, 0.2) is 5.16 Å². The molecule has 0 fully saturated rings. The Morgan fingerprint density at radius 1 is 1.69 bits per heavy atom. The second kappa shape index (κ2) is 4.18. The summed E-state index contributed by atoms with van der Waals surface area (Å²) in [4.78, 5) is 21.6. The summed E-state index contributed by atoms with van der Waals surface area (Å²) >= 11 is 1.34. The van der Waals surface area contributed by atoms with E-state index in [1.54, 1.807) is 6.92 Å². The molecule has 0 spiro atoms. The maximum absolute atomic E-state index is 11.5. The molecule has 4 nitrogen and oxygen atoms in total. The number of halogens is 1. The highest BCUT2D eigenvalue weighted by atomic mass is 32.2. The summed E-state index contributed by atoms with van der Waals surface area (Å²) in [5.74, 6) is -1.06. The number of aromatic nitrogens is 2. The molecule has 1 rings (SSSR count). The largest absolute Gasteiger partial charge is 0.382 e.